The van der Waals surface area contributed by atoms with Crippen LogP contribution in [-0.2, 0) is 13.5 Å². The first-order valence-corrected chi connectivity index (χ1v) is 7.51. The maximum Gasteiger partial charge on any atom is 0.0515 e. The van der Waals surface area contributed by atoms with E-state index >= 15 is 0 Å². The largest absolute Gasteiger partial charge is 0.347 e. The van der Waals surface area contributed by atoms with Crippen molar-refractivity contribution in [1.29, 1.82) is 0 Å². The van der Waals surface area contributed by atoms with Gasteiger partial charge in [0.25, 0.3) is 0 Å². The second-order valence-corrected chi connectivity index (χ2v) is 6.95. The smallest absolute Gasteiger partial charge is 0.0515 e. The second kappa shape index (κ2) is 5.25. The molecule has 0 spiro atoms. The van der Waals surface area contributed by atoms with Crippen LogP contribution in [0.25, 0.3) is 10.9 Å². The third-order valence-corrected chi connectivity index (χ3v) is 4.33. The van der Waals surface area contributed by atoms with Gasteiger partial charge in [0.2, 0.25) is 0 Å². The lowest BCUT2D eigenvalue weighted by Gasteiger charge is -2.20. The molecule has 1 aromatic carbocycles. The molecule has 0 fully saturated rings. The summed E-state index contributed by atoms with van der Waals surface area (Å²) in [4.78, 5) is 0. The quantitative estimate of drug-likeness (QED) is 0.892. The fourth-order valence-corrected chi connectivity index (χ4v) is 2.92. The molecule has 1 heterocycles. The Kier molecular flexibility index (Phi) is 3.97. The summed E-state index contributed by atoms with van der Waals surface area (Å²) in [6.07, 6.45) is 1.09. The van der Waals surface area contributed by atoms with E-state index in [0.717, 1.165) is 13.0 Å². The lowest BCUT2D eigenvalue weighted by atomic mass is 10.0. The Labute approximate surface area is 123 Å². The van der Waals surface area contributed by atoms with Crippen LogP contribution < -0.4 is 5.32 Å². The van der Waals surface area contributed by atoms with Gasteiger partial charge in [-0.2, -0.15) is 0 Å². The van der Waals surface area contributed by atoms with E-state index in [0.29, 0.717) is 0 Å². The van der Waals surface area contributed by atoms with E-state index in [2.05, 4.69) is 70.6 Å². The lowest BCUT2D eigenvalue weighted by Crippen LogP contribution is -2.37. The molecule has 0 unspecified atom stereocenters. The summed E-state index contributed by atoms with van der Waals surface area (Å²) >= 11 is 0. The minimum Gasteiger partial charge on any atom is -0.347 e. The first-order chi connectivity index (χ1) is 9.22. The van der Waals surface area contributed by atoms with Crippen molar-refractivity contribution in [2.45, 2.75) is 53.5 Å². The van der Waals surface area contributed by atoms with Gasteiger partial charge in [0.1, 0.15) is 0 Å². The van der Waals surface area contributed by atoms with Crippen LogP contribution >= 0.6 is 0 Å². The highest BCUT2D eigenvalue weighted by Gasteiger charge is 2.15. The van der Waals surface area contributed by atoms with E-state index in [4.69, 9.17) is 0 Å². The lowest BCUT2D eigenvalue weighted by molar-refractivity contribution is 0.429. The van der Waals surface area contributed by atoms with Crippen molar-refractivity contribution in [3.8, 4) is 0 Å². The fourth-order valence-electron chi connectivity index (χ4n) is 2.92. The average Bonchev–Trinajstić information content (AvgIpc) is 2.58. The molecule has 2 nitrogen and oxygen atoms in total. The maximum absolute atomic E-state index is 3.59. The van der Waals surface area contributed by atoms with Gasteiger partial charge in [-0.25, -0.2) is 0 Å². The number of nitrogens with zero attached hydrogens (tertiary/aromatic N) is 1. The molecule has 0 amide bonds. The number of hydrogen-bond donors (Lipinski definition) is 1. The summed E-state index contributed by atoms with van der Waals surface area (Å²) in [7, 11) is 2.19. The molecule has 20 heavy (non-hydrogen) atoms. The van der Waals surface area contributed by atoms with Gasteiger partial charge in [-0.1, -0.05) is 12.1 Å². The third-order valence-electron chi connectivity index (χ3n) is 4.33. The van der Waals surface area contributed by atoms with Gasteiger partial charge >= 0.3 is 0 Å². The van der Waals surface area contributed by atoms with Gasteiger partial charge < -0.3 is 9.88 Å². The Balaban J connectivity index is 2.39. The number of fused-ring (bicyclic) bond motifs is 1. The second-order valence-electron chi connectivity index (χ2n) is 6.95. The Morgan fingerprint density at radius 3 is 2.35 bits per heavy atom. The Hall–Kier alpha value is -1.28. The zero-order chi connectivity index (χ0) is 15.1. The number of nitrogens with one attached hydrogen (secondary N) is 1. The first kappa shape index (κ1) is 15.1. The highest BCUT2D eigenvalue weighted by molar-refractivity contribution is 5.89. The van der Waals surface area contributed by atoms with E-state index in [1.807, 2.05) is 0 Å². The molecular formula is C18H28N2. The van der Waals surface area contributed by atoms with Gasteiger partial charge in [0.15, 0.2) is 0 Å². The Bertz CT molecular complexity index is 627. The van der Waals surface area contributed by atoms with Gasteiger partial charge in [-0.05, 0) is 71.2 Å². The van der Waals surface area contributed by atoms with E-state index < -0.39 is 0 Å². The molecule has 0 radical (unpaired) electrons. The third kappa shape index (κ3) is 2.76. The minimum atomic E-state index is 0.186. The Morgan fingerprint density at radius 2 is 1.75 bits per heavy atom. The van der Waals surface area contributed by atoms with Crippen LogP contribution in [0.2, 0.25) is 0 Å². The van der Waals surface area contributed by atoms with Crippen molar-refractivity contribution in [2.24, 2.45) is 7.05 Å². The van der Waals surface area contributed by atoms with Crippen LogP contribution in [0.4, 0.5) is 0 Å². The van der Waals surface area contributed by atoms with Crippen LogP contribution in [-0.4, -0.2) is 16.7 Å². The van der Waals surface area contributed by atoms with Gasteiger partial charge in [0.05, 0.1) is 5.52 Å². The van der Waals surface area contributed by atoms with Crippen molar-refractivity contribution in [3.05, 3.63) is 34.5 Å². The van der Waals surface area contributed by atoms with Crippen molar-refractivity contribution in [2.75, 3.05) is 6.54 Å². The summed E-state index contributed by atoms with van der Waals surface area (Å²) in [5, 5.41) is 5.01. The Morgan fingerprint density at radius 1 is 1.10 bits per heavy atom. The van der Waals surface area contributed by atoms with E-state index in [-0.39, 0.29) is 5.54 Å². The molecule has 1 aromatic heterocycles. The summed E-state index contributed by atoms with van der Waals surface area (Å²) in [6, 6.07) is 4.54. The minimum absolute atomic E-state index is 0.186. The fraction of sp³-hybridized carbons (Fsp3) is 0.556. The molecule has 0 aliphatic heterocycles. The van der Waals surface area contributed by atoms with Crippen molar-refractivity contribution >= 4 is 10.9 Å². The first-order valence-electron chi connectivity index (χ1n) is 7.51. The summed E-state index contributed by atoms with van der Waals surface area (Å²) in [5.74, 6) is 0. The highest BCUT2D eigenvalue weighted by atomic mass is 15.0. The molecule has 2 aromatic rings. The summed E-state index contributed by atoms with van der Waals surface area (Å²) in [6.45, 7) is 14.3. The number of aromatic nitrogens is 1. The SMILES string of the molecule is Cc1ccc2c(CCNC(C)(C)C)c(C)n(C)c2c1C. The summed E-state index contributed by atoms with van der Waals surface area (Å²) < 4.78 is 2.35. The van der Waals surface area contributed by atoms with Crippen LogP contribution in [0, 0.1) is 20.8 Å². The molecule has 0 saturated carbocycles. The zero-order valence-corrected chi connectivity index (χ0v) is 14.0. The number of hydrogen-bond acceptors (Lipinski definition) is 1. The van der Waals surface area contributed by atoms with Crippen molar-refractivity contribution < 1.29 is 0 Å². The molecular weight excluding hydrogens is 244 g/mol. The zero-order valence-electron chi connectivity index (χ0n) is 14.0. The van der Waals surface area contributed by atoms with Gasteiger partial charge in [-0.15, -0.1) is 0 Å². The highest BCUT2D eigenvalue weighted by Crippen LogP contribution is 2.29. The molecule has 0 atom stereocenters. The van der Waals surface area contributed by atoms with Crippen LogP contribution in [0.5, 0.6) is 0 Å². The maximum atomic E-state index is 3.59. The molecule has 110 valence electrons. The number of benzene rings is 1. The number of aryl methyl sites for hydroxylation is 3. The van der Waals surface area contributed by atoms with Gasteiger partial charge in [-0.3, -0.25) is 0 Å². The average molecular weight is 272 g/mol. The van der Waals surface area contributed by atoms with E-state index in [1.54, 1.807) is 0 Å². The predicted octanol–water partition coefficient (Wildman–Crippen LogP) is 4.03. The topological polar surface area (TPSA) is 17.0 Å². The monoisotopic (exact) mass is 272 g/mol. The van der Waals surface area contributed by atoms with Crippen molar-refractivity contribution in [3.63, 3.8) is 0 Å². The molecule has 2 rings (SSSR count). The van der Waals surface area contributed by atoms with Crippen molar-refractivity contribution in [1.82, 2.24) is 9.88 Å². The van der Waals surface area contributed by atoms with E-state index in [1.165, 1.54) is 33.3 Å². The molecule has 0 bridgehead atoms. The standard InChI is InChI=1S/C18H28N2/c1-12-8-9-16-15(10-11-19-18(4,5)6)14(3)20(7)17(16)13(12)2/h8-9,19H,10-11H2,1-7H3. The van der Waals surface area contributed by atoms with Crippen LogP contribution in [0.15, 0.2) is 12.1 Å². The predicted molar refractivity (Wildman–Crippen MR) is 88.6 cm³/mol. The molecule has 0 saturated heterocycles. The molecule has 0 aliphatic rings. The summed E-state index contributed by atoms with van der Waals surface area (Å²) in [5.41, 5.74) is 7.24. The van der Waals surface area contributed by atoms with Crippen LogP contribution in [0.1, 0.15) is 43.2 Å². The van der Waals surface area contributed by atoms with E-state index in [9.17, 15) is 0 Å². The van der Waals surface area contributed by atoms with Gasteiger partial charge in [0, 0.05) is 23.7 Å². The number of rotatable bonds is 3. The normalized spacial score (nSPS) is 12.3. The van der Waals surface area contributed by atoms with Crippen LogP contribution in [0.3, 0.4) is 0 Å². The molecule has 1 N–H and O–H groups in total. The molecule has 0 aliphatic carbocycles. The molecule has 2 heteroatoms.